The molecule has 0 spiro atoms. The van der Waals surface area contributed by atoms with Crippen LogP contribution in [0.15, 0.2) is 97.1 Å². The van der Waals surface area contributed by atoms with E-state index in [1.54, 1.807) is 0 Å². The van der Waals surface area contributed by atoms with Crippen LogP contribution in [0.1, 0.15) is 27.7 Å². The van der Waals surface area contributed by atoms with E-state index in [-0.39, 0.29) is 0 Å². The van der Waals surface area contributed by atoms with E-state index < -0.39 is 18.3 Å². The van der Waals surface area contributed by atoms with Crippen molar-refractivity contribution in [3.63, 3.8) is 0 Å². The van der Waals surface area contributed by atoms with Crippen molar-refractivity contribution in [3.05, 3.63) is 97.1 Å². The monoisotopic (exact) mass is 591 g/mol. The Morgan fingerprint density at radius 1 is 0.610 bits per heavy atom. The van der Waals surface area contributed by atoms with Crippen LogP contribution in [0.25, 0.3) is 58.4 Å². The highest BCUT2D eigenvalue weighted by Gasteiger charge is 2.52. The summed E-state index contributed by atoms with van der Waals surface area (Å²) in [4.78, 5) is 0. The lowest BCUT2D eigenvalue weighted by Crippen LogP contribution is -2.41. The number of aromatic nitrogens is 1. The third-order valence-electron chi connectivity index (χ3n) is 8.82. The summed E-state index contributed by atoms with van der Waals surface area (Å²) in [7, 11) is -0.409. The third-order valence-corrected chi connectivity index (χ3v) is 10.1. The molecule has 3 heterocycles. The zero-order chi connectivity index (χ0) is 28.5. The van der Waals surface area contributed by atoms with Gasteiger partial charge in [0.1, 0.15) is 0 Å². The lowest BCUT2D eigenvalue weighted by Gasteiger charge is -2.32. The van der Waals surface area contributed by atoms with Crippen LogP contribution in [0, 0.1) is 0 Å². The zero-order valence-electron chi connectivity index (χ0n) is 23.4. The van der Waals surface area contributed by atoms with Gasteiger partial charge in [-0.05, 0) is 51.3 Å². The molecule has 2 aromatic heterocycles. The zero-order valence-corrected chi connectivity index (χ0v) is 26.0. The van der Waals surface area contributed by atoms with Gasteiger partial charge < -0.3 is 13.9 Å². The minimum absolute atomic E-state index is 0.393. The van der Waals surface area contributed by atoms with E-state index in [4.69, 9.17) is 9.31 Å². The average Bonchev–Trinajstić information content (AvgIpc) is 3.61. The van der Waals surface area contributed by atoms with Crippen molar-refractivity contribution in [2.45, 2.75) is 38.9 Å². The molecule has 0 unspecified atom stereocenters. The molecule has 0 atom stereocenters. The number of hydrogen-bond donors (Lipinski definition) is 2. The molecule has 0 saturated carbocycles. The van der Waals surface area contributed by atoms with Gasteiger partial charge in [0.2, 0.25) is 0 Å². The molecule has 7 aromatic rings. The average molecular weight is 592 g/mol. The number of nitrogens with zero attached hydrogens (tertiary/aromatic N) is 1. The summed E-state index contributed by atoms with van der Waals surface area (Å²) in [5.74, 6) is 0. The molecular weight excluding hydrogens is 561 g/mol. The Balaban J connectivity index is 0.00000135. The predicted molar refractivity (Wildman–Crippen MR) is 185 cm³/mol. The van der Waals surface area contributed by atoms with Crippen LogP contribution in [-0.2, 0) is 9.31 Å². The highest BCUT2D eigenvalue weighted by molar-refractivity contribution is 8.59. The van der Waals surface area contributed by atoms with Crippen molar-refractivity contribution in [2.75, 3.05) is 0 Å². The Morgan fingerprint density at radius 2 is 1.20 bits per heavy atom. The molecule has 1 fully saturated rings. The highest BCUT2D eigenvalue weighted by atomic mass is 33.1. The van der Waals surface area contributed by atoms with Crippen LogP contribution in [0.4, 0.5) is 0 Å². The van der Waals surface area contributed by atoms with Gasteiger partial charge in [0.25, 0.3) is 0 Å². The lowest BCUT2D eigenvalue weighted by atomic mass is 9.78. The van der Waals surface area contributed by atoms with E-state index in [2.05, 4.69) is 153 Å². The lowest BCUT2D eigenvalue weighted by molar-refractivity contribution is 0.00578. The molecule has 1 aliphatic rings. The van der Waals surface area contributed by atoms with Crippen LogP contribution in [0.2, 0.25) is 0 Å². The van der Waals surface area contributed by atoms with Gasteiger partial charge in [-0.3, -0.25) is 0 Å². The number of benzene rings is 5. The van der Waals surface area contributed by atoms with Crippen molar-refractivity contribution in [2.24, 2.45) is 0 Å². The second-order valence-corrected chi connectivity index (χ2v) is 12.6. The first-order valence-electron chi connectivity index (χ1n) is 13.8. The van der Waals surface area contributed by atoms with E-state index in [1.165, 1.54) is 58.4 Å². The molecule has 204 valence electrons. The Morgan fingerprint density at radius 3 is 1.90 bits per heavy atom. The number of fused-ring (bicyclic) bond motifs is 10. The molecule has 0 N–H and O–H groups in total. The van der Waals surface area contributed by atoms with Crippen molar-refractivity contribution in [1.29, 1.82) is 0 Å². The smallest absolute Gasteiger partial charge is 0.399 e. The minimum atomic E-state index is -0.409. The number of hydrogen-bond acceptors (Lipinski definition) is 5. The van der Waals surface area contributed by atoms with Crippen LogP contribution in [0.3, 0.4) is 0 Å². The molecule has 5 aromatic carbocycles. The van der Waals surface area contributed by atoms with Crippen LogP contribution in [-0.4, -0.2) is 22.9 Å². The first-order chi connectivity index (χ1) is 19.9. The maximum absolute atomic E-state index is 6.55. The van der Waals surface area contributed by atoms with E-state index in [0.29, 0.717) is 0 Å². The first-order valence-corrected chi connectivity index (χ1v) is 16.2. The van der Waals surface area contributed by atoms with Crippen molar-refractivity contribution in [1.82, 2.24) is 4.57 Å². The van der Waals surface area contributed by atoms with Crippen molar-refractivity contribution >= 4 is 100.0 Å². The fraction of sp³-hybridized carbons (Fsp3) is 0.176. The van der Waals surface area contributed by atoms with E-state index in [1.807, 2.05) is 11.3 Å². The largest absolute Gasteiger partial charge is 0.496 e. The fourth-order valence-corrected chi connectivity index (χ4v) is 7.58. The topological polar surface area (TPSA) is 23.4 Å². The molecular formula is C34H30BNO2S3. The van der Waals surface area contributed by atoms with Crippen LogP contribution < -0.4 is 5.46 Å². The minimum Gasteiger partial charge on any atom is -0.399 e. The highest BCUT2D eigenvalue weighted by Crippen LogP contribution is 2.48. The van der Waals surface area contributed by atoms with Crippen LogP contribution in [0.5, 0.6) is 0 Å². The van der Waals surface area contributed by atoms with E-state index in [9.17, 15) is 0 Å². The number of thiophene rings is 1. The maximum atomic E-state index is 6.55. The summed E-state index contributed by atoms with van der Waals surface area (Å²) in [6.07, 6.45) is 0. The molecule has 0 aliphatic carbocycles. The number of para-hydroxylation sites is 2. The maximum Gasteiger partial charge on any atom is 0.496 e. The molecule has 1 saturated heterocycles. The van der Waals surface area contributed by atoms with Gasteiger partial charge in [0.05, 0.1) is 22.2 Å². The third kappa shape index (κ3) is 3.90. The summed E-state index contributed by atoms with van der Waals surface area (Å²) in [6.45, 7) is 8.47. The Kier molecular flexibility index (Phi) is 6.45. The molecule has 0 amide bonds. The second-order valence-electron chi connectivity index (χ2n) is 11.6. The number of rotatable bonds is 2. The molecule has 0 bridgehead atoms. The van der Waals surface area contributed by atoms with Gasteiger partial charge in [-0.25, -0.2) is 0 Å². The van der Waals surface area contributed by atoms with Gasteiger partial charge in [-0.15, -0.1) is 34.7 Å². The summed E-state index contributed by atoms with van der Waals surface area (Å²) in [5, 5.41) is 7.70. The second kappa shape index (κ2) is 9.82. The first kappa shape index (κ1) is 26.9. The van der Waals surface area contributed by atoms with Crippen LogP contribution >= 0.6 is 34.7 Å². The van der Waals surface area contributed by atoms with Crippen molar-refractivity contribution in [3.8, 4) is 5.69 Å². The number of thiol groups is 2. The standard InChI is InChI=1S/C34H28BNO2S.H2S2/c1-33(2)34(3,4)38-35(37-33)26-19-12-18-25-29-30-28(22-15-8-9-16-23(22)32(29)39-31(25)26)24-17-10-11-20-27(24)36(30)21-13-6-5-7-14-21;1-2/h5-20H,1-4H3;1-2H. The predicted octanol–water partition coefficient (Wildman–Crippen LogP) is 9.36. The van der Waals surface area contributed by atoms with Crippen molar-refractivity contribution < 1.29 is 9.31 Å². The summed E-state index contributed by atoms with van der Waals surface area (Å²) < 4.78 is 18.1. The molecule has 0 radical (unpaired) electrons. The fourth-order valence-electron chi connectivity index (χ4n) is 6.22. The molecule has 7 heteroatoms. The molecule has 3 nitrogen and oxygen atoms in total. The SMILES string of the molecule is CC1(C)OB(c2cccc3c2sc2c4ccccc4c4c5ccccc5n(-c5ccccc5)c4c32)OC1(C)C.SS. The molecule has 8 rings (SSSR count). The quantitative estimate of drug-likeness (QED) is 0.119. The van der Waals surface area contributed by atoms with Gasteiger partial charge in [0.15, 0.2) is 0 Å². The Labute approximate surface area is 254 Å². The summed E-state index contributed by atoms with van der Waals surface area (Å²) in [6, 6.07) is 35.0. The van der Waals surface area contributed by atoms with Gasteiger partial charge in [-0.1, -0.05) is 78.9 Å². The summed E-state index contributed by atoms with van der Waals surface area (Å²) >= 11 is 8.30. The molecule has 41 heavy (non-hydrogen) atoms. The Bertz CT molecular complexity index is 2080. The van der Waals surface area contributed by atoms with Gasteiger partial charge in [-0.2, -0.15) is 0 Å². The van der Waals surface area contributed by atoms with E-state index in [0.717, 1.165) is 5.46 Å². The van der Waals surface area contributed by atoms with Gasteiger partial charge >= 0.3 is 7.12 Å². The van der Waals surface area contributed by atoms with Gasteiger partial charge in [0, 0.05) is 47.5 Å². The summed E-state index contributed by atoms with van der Waals surface area (Å²) in [5.41, 5.74) is 3.96. The molecule has 1 aliphatic heterocycles. The Hall–Kier alpha value is -2.94. The van der Waals surface area contributed by atoms with E-state index >= 15 is 0 Å². The normalized spacial score (nSPS) is 16.2.